The van der Waals surface area contributed by atoms with Crippen LogP contribution in [0.4, 0.5) is 5.13 Å². The minimum absolute atomic E-state index is 0.00355. The molecule has 1 atom stereocenters. The second kappa shape index (κ2) is 6.77. The quantitative estimate of drug-likeness (QED) is 0.348. The number of amides is 1. The topological polar surface area (TPSA) is 156 Å². The Labute approximate surface area is 188 Å². The molecule has 0 spiro atoms. The van der Waals surface area contributed by atoms with Crippen LogP contribution < -0.4 is 20.1 Å². The molecular weight excluding hydrogens is 450 g/mol. The summed E-state index contributed by atoms with van der Waals surface area (Å²) >= 11 is 1.02. The van der Waals surface area contributed by atoms with E-state index >= 15 is 0 Å². The van der Waals surface area contributed by atoms with Crippen LogP contribution in [0.2, 0.25) is 0 Å². The molecule has 2 aliphatic heterocycles. The summed E-state index contributed by atoms with van der Waals surface area (Å²) in [6.45, 7) is 0.00355. The lowest BCUT2D eigenvalue weighted by molar-refractivity contribution is -0.143. The molecule has 0 saturated heterocycles. The second-order valence-electron chi connectivity index (χ2n) is 7.34. The average molecular weight is 463 g/mol. The van der Waals surface area contributed by atoms with E-state index in [4.69, 9.17) is 9.47 Å². The Balaban J connectivity index is 1.59. The monoisotopic (exact) mass is 463 g/mol. The minimum Gasteiger partial charge on any atom is -0.505 e. The van der Waals surface area contributed by atoms with Gasteiger partial charge in [-0.25, -0.2) is 9.78 Å². The van der Waals surface area contributed by atoms with Gasteiger partial charge in [-0.05, 0) is 24.3 Å². The van der Waals surface area contributed by atoms with E-state index in [-0.39, 0.29) is 34.4 Å². The van der Waals surface area contributed by atoms with Crippen molar-refractivity contribution in [1.82, 2.24) is 20.5 Å². The lowest BCUT2D eigenvalue weighted by Crippen LogP contribution is -2.57. The summed E-state index contributed by atoms with van der Waals surface area (Å²) in [5.74, 6) is -1.53. The number of hydrogen-bond acceptors (Lipinski definition) is 10. The highest BCUT2D eigenvalue weighted by molar-refractivity contribution is 7.18. The Morgan fingerprint density at radius 2 is 1.88 bits per heavy atom. The number of aliphatic carboxylic acids is 1. The SMILES string of the molecule is O=C1N[C@@](C(=O)O)(c2ccc3c(c2)OCO3)Nc2nnc(s2)-c2ccc3ccc1nc3c2O. The minimum atomic E-state index is -2.14. The predicted molar refractivity (Wildman–Crippen MR) is 115 cm³/mol. The molecule has 2 aromatic heterocycles. The maximum atomic E-state index is 13.2. The van der Waals surface area contributed by atoms with Gasteiger partial charge >= 0.3 is 5.97 Å². The molecule has 4 heterocycles. The normalized spacial score (nSPS) is 18.5. The average Bonchev–Trinajstić information content (AvgIpc) is 3.47. The molecule has 0 unspecified atom stereocenters. The molecule has 0 saturated carbocycles. The van der Waals surface area contributed by atoms with Crippen molar-refractivity contribution in [3.8, 4) is 27.8 Å². The van der Waals surface area contributed by atoms with Crippen LogP contribution in [-0.4, -0.2) is 44.1 Å². The van der Waals surface area contributed by atoms with Gasteiger partial charge in [0.1, 0.15) is 11.2 Å². The van der Waals surface area contributed by atoms with Gasteiger partial charge in [0, 0.05) is 10.9 Å². The van der Waals surface area contributed by atoms with E-state index in [0.717, 1.165) is 11.3 Å². The number of phenols is 1. The number of hydrogen-bond donors (Lipinski definition) is 4. The molecule has 11 nitrogen and oxygen atoms in total. The number of phenolic OH excluding ortho intramolecular Hbond substituents is 1. The summed E-state index contributed by atoms with van der Waals surface area (Å²) < 4.78 is 10.7. The van der Waals surface area contributed by atoms with E-state index in [1.807, 2.05) is 0 Å². The third-order valence-electron chi connectivity index (χ3n) is 5.45. The number of ether oxygens (including phenoxy) is 2. The Bertz CT molecular complexity index is 1490. The largest absolute Gasteiger partial charge is 0.505 e. The number of carboxylic acid groups (broad SMARTS) is 1. The Morgan fingerprint density at radius 1 is 1.06 bits per heavy atom. The molecule has 2 aliphatic rings. The van der Waals surface area contributed by atoms with Crippen LogP contribution in [0.1, 0.15) is 16.1 Å². The van der Waals surface area contributed by atoms with Crippen molar-refractivity contribution in [1.29, 1.82) is 0 Å². The summed E-state index contributed by atoms with van der Waals surface area (Å²) in [7, 11) is 0. The first-order valence-corrected chi connectivity index (χ1v) is 10.5. The smallest absolute Gasteiger partial charge is 0.355 e. The van der Waals surface area contributed by atoms with E-state index in [1.165, 1.54) is 18.2 Å². The molecule has 0 fully saturated rings. The van der Waals surface area contributed by atoms with Crippen LogP contribution in [0.25, 0.3) is 21.5 Å². The molecule has 4 aromatic rings. The summed E-state index contributed by atoms with van der Waals surface area (Å²) in [5.41, 5.74) is -1.49. The van der Waals surface area contributed by atoms with Gasteiger partial charge in [0.15, 0.2) is 22.3 Å². The van der Waals surface area contributed by atoms with Gasteiger partial charge in [0.2, 0.25) is 17.6 Å². The third-order valence-corrected chi connectivity index (χ3v) is 6.32. The van der Waals surface area contributed by atoms with Crippen LogP contribution in [-0.2, 0) is 10.5 Å². The summed E-state index contributed by atoms with van der Waals surface area (Å²) in [6, 6.07) is 11.0. The van der Waals surface area contributed by atoms with Crippen LogP contribution >= 0.6 is 11.3 Å². The van der Waals surface area contributed by atoms with Crippen LogP contribution in [0.3, 0.4) is 0 Å². The van der Waals surface area contributed by atoms with Gasteiger partial charge in [0.25, 0.3) is 5.91 Å². The number of benzene rings is 2. The highest BCUT2D eigenvalue weighted by Crippen LogP contribution is 2.40. The molecular formula is C21H13N5O6S. The number of nitrogens with one attached hydrogen (secondary N) is 2. The maximum absolute atomic E-state index is 13.2. The van der Waals surface area contributed by atoms with Crippen molar-refractivity contribution in [2.45, 2.75) is 5.66 Å². The molecule has 0 aliphatic carbocycles. The number of carbonyl (C=O) groups excluding carboxylic acids is 1. The van der Waals surface area contributed by atoms with E-state index in [1.54, 1.807) is 24.3 Å². The molecule has 12 heteroatoms. The Kier molecular flexibility index (Phi) is 3.95. The summed E-state index contributed by atoms with van der Waals surface area (Å²) in [6.07, 6.45) is 0. The fraction of sp³-hybridized carbons (Fsp3) is 0.0952. The van der Waals surface area contributed by atoms with Gasteiger partial charge in [-0.2, -0.15) is 0 Å². The first-order chi connectivity index (χ1) is 15.9. The van der Waals surface area contributed by atoms with Gasteiger partial charge in [-0.1, -0.05) is 29.5 Å². The highest BCUT2D eigenvalue weighted by atomic mass is 32.1. The van der Waals surface area contributed by atoms with Crippen molar-refractivity contribution in [3.63, 3.8) is 0 Å². The molecule has 0 radical (unpaired) electrons. The van der Waals surface area contributed by atoms with Crippen LogP contribution in [0.5, 0.6) is 17.2 Å². The number of fused-ring (bicyclic) bond motifs is 6. The molecule has 1 amide bonds. The van der Waals surface area contributed by atoms with E-state index in [0.29, 0.717) is 27.5 Å². The first-order valence-electron chi connectivity index (χ1n) is 9.65. The van der Waals surface area contributed by atoms with Gasteiger partial charge < -0.3 is 30.3 Å². The molecule has 4 N–H and O–H groups in total. The van der Waals surface area contributed by atoms with Crippen molar-refractivity contribution >= 4 is 39.2 Å². The highest BCUT2D eigenvalue weighted by Gasteiger charge is 2.45. The third kappa shape index (κ3) is 2.84. The predicted octanol–water partition coefficient (Wildman–Crippen LogP) is 2.28. The van der Waals surface area contributed by atoms with Crippen molar-refractivity contribution < 1.29 is 29.3 Å². The number of carboxylic acids is 1. The number of nitrogens with zero attached hydrogens (tertiary/aromatic N) is 3. The maximum Gasteiger partial charge on any atom is 0.355 e. The number of rotatable bonds is 2. The number of aromatic hydroxyl groups is 1. The van der Waals surface area contributed by atoms with E-state index in [9.17, 15) is 19.8 Å². The fourth-order valence-electron chi connectivity index (χ4n) is 3.79. The summed E-state index contributed by atoms with van der Waals surface area (Å²) in [4.78, 5) is 30.2. The first kappa shape index (κ1) is 19.3. The molecule has 2 aromatic carbocycles. The van der Waals surface area contributed by atoms with Crippen molar-refractivity contribution in [2.75, 3.05) is 12.1 Å². The second-order valence-corrected chi connectivity index (χ2v) is 8.32. The lowest BCUT2D eigenvalue weighted by Gasteiger charge is -2.31. The van der Waals surface area contributed by atoms with Crippen LogP contribution in [0, 0.1) is 0 Å². The number of aromatic nitrogens is 3. The Morgan fingerprint density at radius 3 is 2.73 bits per heavy atom. The zero-order chi connectivity index (χ0) is 22.7. The zero-order valence-corrected chi connectivity index (χ0v) is 17.3. The molecule has 6 rings (SSSR count). The van der Waals surface area contributed by atoms with E-state index in [2.05, 4.69) is 25.8 Å². The van der Waals surface area contributed by atoms with Crippen LogP contribution in [0.15, 0.2) is 42.5 Å². The van der Waals surface area contributed by atoms with Gasteiger partial charge in [0.05, 0.1) is 5.56 Å². The summed E-state index contributed by atoms with van der Waals surface area (Å²) in [5, 5.41) is 35.6. The number of carbonyl (C=O) groups is 2. The standard InChI is InChI=1S/C21H13N5O6S/c27-16-11-4-1-9-2-5-12(22-15(9)16)17(28)23-21(19(29)30,24-20-26-25-18(11)33-20)10-3-6-13-14(7-10)32-8-31-13/h1-7,27H,8H2,(H,23,28)(H,24,26)(H,29,30)/t21-/m0/s1. The lowest BCUT2D eigenvalue weighted by atomic mass is 9.98. The zero-order valence-electron chi connectivity index (χ0n) is 16.5. The number of anilines is 1. The van der Waals surface area contributed by atoms with Crippen molar-refractivity contribution in [2.24, 2.45) is 0 Å². The van der Waals surface area contributed by atoms with Gasteiger partial charge in [-0.15, -0.1) is 10.2 Å². The number of pyridine rings is 1. The fourth-order valence-corrected chi connectivity index (χ4v) is 4.61. The Hall–Kier alpha value is -4.45. The molecule has 164 valence electrons. The van der Waals surface area contributed by atoms with Gasteiger partial charge in [-0.3, -0.25) is 4.79 Å². The molecule has 33 heavy (non-hydrogen) atoms. The van der Waals surface area contributed by atoms with Crippen molar-refractivity contribution in [3.05, 3.63) is 53.7 Å². The molecule has 5 bridgehead atoms. The van der Waals surface area contributed by atoms with E-state index < -0.39 is 17.5 Å².